The molecule has 21 heavy (non-hydrogen) atoms. The van der Waals surface area contributed by atoms with Crippen LogP contribution in [-0.4, -0.2) is 33.0 Å². The lowest BCUT2D eigenvalue weighted by molar-refractivity contribution is 0.476. The van der Waals surface area contributed by atoms with Crippen molar-refractivity contribution in [2.75, 3.05) is 24.6 Å². The Morgan fingerprint density at radius 1 is 1.19 bits per heavy atom. The molecule has 1 aliphatic rings. The summed E-state index contributed by atoms with van der Waals surface area (Å²) in [7, 11) is -3.38. The summed E-state index contributed by atoms with van der Waals surface area (Å²) in [6.07, 6.45) is 4.02. The molecular weight excluding hydrogens is 304 g/mol. The molecule has 4 nitrogen and oxygen atoms in total. The zero-order valence-corrected chi connectivity index (χ0v) is 13.9. The van der Waals surface area contributed by atoms with Gasteiger partial charge in [0.05, 0.1) is 4.90 Å². The van der Waals surface area contributed by atoms with Crippen molar-refractivity contribution >= 4 is 21.8 Å². The molecule has 1 aromatic carbocycles. The van der Waals surface area contributed by atoms with E-state index in [-0.39, 0.29) is 0 Å². The van der Waals surface area contributed by atoms with Crippen LogP contribution in [0.5, 0.6) is 0 Å². The van der Waals surface area contributed by atoms with Crippen molar-refractivity contribution in [2.45, 2.75) is 30.6 Å². The topological polar surface area (TPSA) is 72.2 Å². The van der Waals surface area contributed by atoms with Crippen LogP contribution in [0.1, 0.15) is 24.8 Å². The van der Waals surface area contributed by atoms with E-state index < -0.39 is 10.0 Å². The molecule has 3 N–H and O–H groups in total. The van der Waals surface area contributed by atoms with E-state index in [0.29, 0.717) is 23.9 Å². The first-order chi connectivity index (χ1) is 10.1. The Labute approximate surface area is 131 Å². The minimum atomic E-state index is -3.38. The molecule has 1 heterocycles. The van der Waals surface area contributed by atoms with Gasteiger partial charge in [-0.1, -0.05) is 12.1 Å². The predicted molar refractivity (Wildman–Crippen MR) is 89.1 cm³/mol. The summed E-state index contributed by atoms with van der Waals surface area (Å²) >= 11 is 1.95. The summed E-state index contributed by atoms with van der Waals surface area (Å²) in [5.41, 5.74) is 6.61. The van der Waals surface area contributed by atoms with Gasteiger partial charge in [-0.15, -0.1) is 0 Å². The fourth-order valence-electron chi connectivity index (χ4n) is 2.40. The molecule has 0 saturated carbocycles. The van der Waals surface area contributed by atoms with E-state index >= 15 is 0 Å². The lowest BCUT2D eigenvalue weighted by atomic mass is 10.0. The van der Waals surface area contributed by atoms with Crippen LogP contribution in [0.15, 0.2) is 29.2 Å². The number of nitrogens with two attached hydrogens (primary N) is 1. The van der Waals surface area contributed by atoms with Gasteiger partial charge in [0.1, 0.15) is 0 Å². The summed E-state index contributed by atoms with van der Waals surface area (Å²) in [4.78, 5) is 0.351. The number of thioether (sulfide) groups is 1. The Morgan fingerprint density at radius 3 is 2.48 bits per heavy atom. The van der Waals surface area contributed by atoms with Crippen molar-refractivity contribution in [3.05, 3.63) is 29.8 Å². The van der Waals surface area contributed by atoms with E-state index in [1.54, 1.807) is 12.1 Å². The average Bonchev–Trinajstić information content (AvgIpc) is 2.52. The minimum absolute atomic E-state index is 0.351. The predicted octanol–water partition coefficient (Wildman–Crippen LogP) is 2.00. The Balaban J connectivity index is 1.91. The molecule has 1 aliphatic heterocycles. The van der Waals surface area contributed by atoms with Crippen LogP contribution in [0.25, 0.3) is 0 Å². The highest BCUT2D eigenvalue weighted by molar-refractivity contribution is 7.99. The molecule has 0 spiro atoms. The van der Waals surface area contributed by atoms with E-state index in [1.807, 2.05) is 23.9 Å². The maximum Gasteiger partial charge on any atom is 0.240 e. The maximum absolute atomic E-state index is 12.3. The van der Waals surface area contributed by atoms with Crippen molar-refractivity contribution in [2.24, 2.45) is 11.7 Å². The average molecular weight is 329 g/mol. The number of hydrogen-bond donors (Lipinski definition) is 2. The lowest BCUT2D eigenvalue weighted by Gasteiger charge is -2.21. The van der Waals surface area contributed by atoms with Gasteiger partial charge in [0.25, 0.3) is 0 Å². The van der Waals surface area contributed by atoms with Crippen molar-refractivity contribution in [1.29, 1.82) is 0 Å². The molecule has 0 atom stereocenters. The molecule has 1 aromatic rings. The maximum atomic E-state index is 12.3. The molecule has 0 bridgehead atoms. The van der Waals surface area contributed by atoms with Gasteiger partial charge in [-0.25, -0.2) is 13.1 Å². The molecule has 1 saturated heterocycles. The number of nitrogens with one attached hydrogen (secondary N) is 1. The molecule has 2 rings (SSSR count). The van der Waals surface area contributed by atoms with E-state index in [2.05, 4.69) is 4.72 Å². The van der Waals surface area contributed by atoms with Gasteiger partial charge in [0.15, 0.2) is 0 Å². The summed E-state index contributed by atoms with van der Waals surface area (Å²) in [5.74, 6) is 2.76. The zero-order valence-electron chi connectivity index (χ0n) is 12.3. The summed E-state index contributed by atoms with van der Waals surface area (Å²) in [6, 6.07) is 7.12. The van der Waals surface area contributed by atoms with E-state index in [0.717, 1.165) is 42.8 Å². The molecule has 0 aromatic heterocycles. The van der Waals surface area contributed by atoms with Crippen LogP contribution < -0.4 is 10.5 Å². The van der Waals surface area contributed by atoms with Crippen LogP contribution >= 0.6 is 11.8 Å². The lowest BCUT2D eigenvalue weighted by Crippen LogP contribution is -2.31. The Bertz CT molecular complexity index is 523. The Hall–Kier alpha value is -0.560. The van der Waals surface area contributed by atoms with Gasteiger partial charge in [-0.2, -0.15) is 11.8 Å². The smallest absolute Gasteiger partial charge is 0.240 e. The second kappa shape index (κ2) is 8.17. The highest BCUT2D eigenvalue weighted by Gasteiger charge is 2.18. The van der Waals surface area contributed by atoms with Gasteiger partial charge in [-0.05, 0) is 67.3 Å². The molecule has 0 amide bonds. The molecule has 0 radical (unpaired) electrons. The van der Waals surface area contributed by atoms with Gasteiger partial charge in [0, 0.05) is 6.54 Å². The fourth-order valence-corrected chi connectivity index (χ4v) is 4.72. The third kappa shape index (κ3) is 5.29. The monoisotopic (exact) mass is 328 g/mol. The normalized spacial score (nSPS) is 17.0. The van der Waals surface area contributed by atoms with Crippen molar-refractivity contribution in [3.63, 3.8) is 0 Å². The van der Waals surface area contributed by atoms with Crippen LogP contribution in [0, 0.1) is 5.92 Å². The standard InChI is InChI=1S/C15H24N2O2S2/c16-9-1-2-13-3-5-15(6-4-13)21(18,19)17-12-14-7-10-20-11-8-14/h3-6,14,17H,1-2,7-12,16H2. The highest BCUT2D eigenvalue weighted by Crippen LogP contribution is 2.22. The third-order valence-electron chi connectivity index (χ3n) is 3.81. The molecular formula is C15H24N2O2S2. The van der Waals surface area contributed by atoms with Crippen LogP contribution in [0.4, 0.5) is 0 Å². The van der Waals surface area contributed by atoms with E-state index in [9.17, 15) is 8.42 Å². The van der Waals surface area contributed by atoms with Gasteiger partial charge in [-0.3, -0.25) is 0 Å². The van der Waals surface area contributed by atoms with Crippen molar-refractivity contribution < 1.29 is 8.42 Å². The summed E-state index contributed by atoms with van der Waals surface area (Å²) in [5, 5.41) is 0. The molecule has 6 heteroatoms. The third-order valence-corrected chi connectivity index (χ3v) is 6.29. The first-order valence-corrected chi connectivity index (χ1v) is 10.1. The Kier molecular flexibility index (Phi) is 6.54. The summed E-state index contributed by atoms with van der Waals surface area (Å²) in [6.45, 7) is 1.21. The van der Waals surface area contributed by atoms with Gasteiger partial charge < -0.3 is 5.73 Å². The van der Waals surface area contributed by atoms with Gasteiger partial charge in [0.2, 0.25) is 10.0 Å². The number of aryl methyl sites for hydroxylation is 1. The summed E-state index contributed by atoms with van der Waals surface area (Å²) < 4.78 is 27.3. The van der Waals surface area contributed by atoms with Crippen LogP contribution in [0.3, 0.4) is 0 Å². The van der Waals surface area contributed by atoms with E-state index in [1.165, 1.54) is 0 Å². The van der Waals surface area contributed by atoms with Crippen LogP contribution in [-0.2, 0) is 16.4 Å². The number of hydrogen-bond acceptors (Lipinski definition) is 4. The fraction of sp³-hybridized carbons (Fsp3) is 0.600. The number of rotatable bonds is 7. The molecule has 118 valence electrons. The SMILES string of the molecule is NCCCc1ccc(S(=O)(=O)NCC2CCSCC2)cc1. The van der Waals surface area contributed by atoms with Gasteiger partial charge >= 0.3 is 0 Å². The number of benzene rings is 1. The first-order valence-electron chi connectivity index (χ1n) is 7.48. The minimum Gasteiger partial charge on any atom is -0.330 e. The first kappa shape index (κ1) is 16.8. The molecule has 0 aliphatic carbocycles. The molecule has 1 fully saturated rings. The van der Waals surface area contributed by atoms with Crippen molar-refractivity contribution in [3.8, 4) is 0 Å². The highest BCUT2D eigenvalue weighted by atomic mass is 32.2. The van der Waals surface area contributed by atoms with Crippen molar-refractivity contribution in [1.82, 2.24) is 4.72 Å². The largest absolute Gasteiger partial charge is 0.330 e. The zero-order chi connectivity index (χ0) is 15.1. The van der Waals surface area contributed by atoms with E-state index in [4.69, 9.17) is 5.73 Å². The van der Waals surface area contributed by atoms with Crippen LogP contribution in [0.2, 0.25) is 0 Å². The quantitative estimate of drug-likeness (QED) is 0.803. The second-order valence-corrected chi connectivity index (χ2v) is 8.44. The number of sulfonamides is 1. The Morgan fingerprint density at radius 2 is 1.86 bits per heavy atom. The second-order valence-electron chi connectivity index (χ2n) is 5.44. The molecule has 0 unspecified atom stereocenters.